The van der Waals surface area contributed by atoms with E-state index in [1.165, 1.54) is 0 Å². The van der Waals surface area contributed by atoms with Crippen molar-refractivity contribution in [3.63, 3.8) is 0 Å². The smallest absolute Gasteiger partial charge is 0.254 e. The molecule has 10 heteroatoms. The van der Waals surface area contributed by atoms with Gasteiger partial charge in [0, 0.05) is 49.3 Å². The molecule has 1 saturated heterocycles. The van der Waals surface area contributed by atoms with Gasteiger partial charge in [0.05, 0.1) is 23.0 Å². The van der Waals surface area contributed by atoms with E-state index in [1.807, 2.05) is 55.5 Å². The highest BCUT2D eigenvalue weighted by Crippen LogP contribution is 2.32. The van der Waals surface area contributed by atoms with Crippen molar-refractivity contribution in [1.29, 1.82) is 0 Å². The lowest BCUT2D eigenvalue weighted by Gasteiger charge is -2.23. The van der Waals surface area contributed by atoms with Crippen LogP contribution < -0.4 is 10.6 Å². The summed E-state index contributed by atoms with van der Waals surface area (Å²) < 4.78 is 5.43. The first kappa shape index (κ1) is 27.8. The molecule has 2 aromatic heterocycles. The van der Waals surface area contributed by atoms with Crippen LogP contribution in [0.5, 0.6) is 0 Å². The summed E-state index contributed by atoms with van der Waals surface area (Å²) in [7, 11) is 0. The van der Waals surface area contributed by atoms with Crippen molar-refractivity contribution in [3.05, 3.63) is 94.9 Å². The number of hydrogen-bond acceptors (Lipinski definition) is 7. The number of fused-ring (bicyclic) bond motifs is 1. The predicted molar refractivity (Wildman–Crippen MR) is 161 cm³/mol. The summed E-state index contributed by atoms with van der Waals surface area (Å²) in [6.07, 6.45) is 6.87. The average molecular weight is 583 g/mol. The lowest BCUT2D eigenvalue weighted by Crippen LogP contribution is -2.38. The number of ether oxygens (including phenoxy) is 1. The summed E-state index contributed by atoms with van der Waals surface area (Å²) in [4.78, 5) is 40.9. The van der Waals surface area contributed by atoms with E-state index in [0.717, 1.165) is 40.7 Å². The van der Waals surface area contributed by atoms with E-state index in [-0.39, 0.29) is 30.4 Å². The van der Waals surface area contributed by atoms with Crippen molar-refractivity contribution in [2.24, 2.45) is 0 Å². The summed E-state index contributed by atoms with van der Waals surface area (Å²) in [5.74, 6) is 0.0828. The Kier molecular flexibility index (Phi) is 8.12. The van der Waals surface area contributed by atoms with Crippen molar-refractivity contribution in [3.8, 4) is 22.4 Å². The maximum atomic E-state index is 13.3. The largest absolute Gasteiger partial charge is 0.381 e. The van der Waals surface area contributed by atoms with Gasteiger partial charge in [-0.15, -0.1) is 0 Å². The normalized spacial score (nSPS) is 15.8. The molecule has 2 amide bonds. The van der Waals surface area contributed by atoms with Gasteiger partial charge in [0.2, 0.25) is 11.9 Å². The van der Waals surface area contributed by atoms with Gasteiger partial charge >= 0.3 is 0 Å². The van der Waals surface area contributed by atoms with Crippen molar-refractivity contribution in [2.45, 2.75) is 38.4 Å². The highest BCUT2D eigenvalue weighted by molar-refractivity contribution is 6.33. The third kappa shape index (κ3) is 6.12. The Morgan fingerprint density at radius 1 is 1.05 bits per heavy atom. The predicted octanol–water partition coefficient (Wildman–Crippen LogP) is 5.28. The second-order valence-electron chi connectivity index (χ2n) is 10.6. The highest BCUT2D eigenvalue weighted by Gasteiger charge is 2.30. The van der Waals surface area contributed by atoms with Crippen LogP contribution >= 0.6 is 11.6 Å². The van der Waals surface area contributed by atoms with Gasteiger partial charge in [-0.2, -0.15) is 0 Å². The fraction of sp³-hybridized carbons (Fsp3) is 0.281. The number of carbonyl (C=O) groups excluding carboxylic acids is 2. The Bertz CT molecular complexity index is 1590. The van der Waals surface area contributed by atoms with Gasteiger partial charge in [-0.25, -0.2) is 9.97 Å². The molecule has 2 aliphatic rings. The molecule has 0 saturated carbocycles. The van der Waals surface area contributed by atoms with E-state index in [9.17, 15) is 9.59 Å². The second kappa shape index (κ2) is 12.3. The standard InChI is InChI=1S/C32H31ClN6O3/c1-20(21-2-4-22(5-3-21)23-8-12-34-13-9-23)36-29(40)19-39-18-25-7-6-24(16-27(25)31(39)41)30-28(33)17-35-32(38-30)37-26-10-14-42-15-11-26/h2-9,12-13,16-17,20,26H,10-11,14-15,18-19H2,1H3,(H,36,40)(H,35,37,38). The SMILES string of the molecule is CC(NC(=O)CN1Cc2ccc(-c3nc(NC4CCOCC4)ncc3Cl)cc2C1=O)c1ccc(-c2ccncc2)cc1. The molecule has 2 aromatic carbocycles. The number of carbonyl (C=O) groups is 2. The summed E-state index contributed by atoms with van der Waals surface area (Å²) >= 11 is 6.47. The molecular weight excluding hydrogens is 552 g/mol. The van der Waals surface area contributed by atoms with Crippen LogP contribution in [0.15, 0.2) is 73.2 Å². The minimum atomic E-state index is -0.218. The fourth-order valence-electron chi connectivity index (χ4n) is 5.35. The van der Waals surface area contributed by atoms with Crippen LogP contribution in [-0.2, 0) is 16.1 Å². The molecule has 0 bridgehead atoms. The van der Waals surface area contributed by atoms with Crippen molar-refractivity contribution >= 4 is 29.4 Å². The number of nitrogens with one attached hydrogen (secondary N) is 2. The number of pyridine rings is 1. The molecule has 2 aliphatic heterocycles. The molecule has 214 valence electrons. The van der Waals surface area contributed by atoms with Gasteiger partial charge in [0.25, 0.3) is 5.91 Å². The van der Waals surface area contributed by atoms with Crippen LogP contribution in [0.1, 0.15) is 47.3 Å². The lowest BCUT2D eigenvalue weighted by atomic mass is 10.0. The van der Waals surface area contributed by atoms with E-state index < -0.39 is 0 Å². The van der Waals surface area contributed by atoms with E-state index in [4.69, 9.17) is 16.3 Å². The molecule has 2 N–H and O–H groups in total. The number of anilines is 1. The molecule has 9 nitrogen and oxygen atoms in total. The molecular formula is C32H31ClN6O3. The van der Waals surface area contributed by atoms with Gasteiger partial charge in [0.15, 0.2) is 0 Å². The minimum Gasteiger partial charge on any atom is -0.381 e. The van der Waals surface area contributed by atoms with Crippen LogP contribution in [0.4, 0.5) is 5.95 Å². The van der Waals surface area contributed by atoms with Crippen LogP contribution in [0.3, 0.4) is 0 Å². The Morgan fingerprint density at radius 2 is 1.76 bits per heavy atom. The van der Waals surface area contributed by atoms with Gasteiger partial charge in [-0.1, -0.05) is 48.0 Å². The monoisotopic (exact) mass is 582 g/mol. The maximum absolute atomic E-state index is 13.3. The first-order valence-corrected chi connectivity index (χ1v) is 14.4. The number of amides is 2. The zero-order chi connectivity index (χ0) is 29.1. The number of nitrogens with zero attached hydrogens (tertiary/aromatic N) is 4. The molecule has 4 aromatic rings. The van der Waals surface area contributed by atoms with Crippen molar-refractivity contribution in [1.82, 2.24) is 25.2 Å². The Hall–Kier alpha value is -4.34. The molecule has 0 aliphatic carbocycles. The molecule has 6 rings (SSSR count). The second-order valence-corrected chi connectivity index (χ2v) is 11.0. The first-order chi connectivity index (χ1) is 20.4. The molecule has 42 heavy (non-hydrogen) atoms. The molecule has 4 heterocycles. The Morgan fingerprint density at radius 3 is 2.52 bits per heavy atom. The highest BCUT2D eigenvalue weighted by atomic mass is 35.5. The molecule has 1 fully saturated rings. The van der Waals surface area contributed by atoms with Crippen molar-refractivity contribution < 1.29 is 14.3 Å². The van der Waals surface area contributed by atoms with Crippen molar-refractivity contribution in [2.75, 3.05) is 25.1 Å². The quantitative estimate of drug-likeness (QED) is 0.291. The van der Waals surface area contributed by atoms with Gasteiger partial charge in [0.1, 0.15) is 6.54 Å². The fourth-order valence-corrected chi connectivity index (χ4v) is 5.55. The topological polar surface area (TPSA) is 109 Å². The van der Waals surface area contributed by atoms with E-state index in [2.05, 4.69) is 25.6 Å². The Balaban J connectivity index is 1.09. The first-order valence-electron chi connectivity index (χ1n) is 14.0. The van der Waals surface area contributed by atoms with E-state index >= 15 is 0 Å². The average Bonchev–Trinajstić information content (AvgIpc) is 3.33. The summed E-state index contributed by atoms with van der Waals surface area (Å²) in [5.41, 5.74) is 5.83. The Labute approximate surface area is 249 Å². The molecule has 0 spiro atoms. The van der Waals surface area contributed by atoms with Gasteiger partial charge < -0.3 is 20.3 Å². The number of aromatic nitrogens is 3. The zero-order valence-corrected chi connectivity index (χ0v) is 24.0. The summed E-state index contributed by atoms with van der Waals surface area (Å²) in [6, 6.07) is 17.6. The third-order valence-electron chi connectivity index (χ3n) is 7.70. The van der Waals surface area contributed by atoms with Crippen LogP contribution in [0.25, 0.3) is 22.4 Å². The summed E-state index contributed by atoms with van der Waals surface area (Å²) in [5, 5.41) is 6.78. The lowest BCUT2D eigenvalue weighted by molar-refractivity contribution is -0.122. The van der Waals surface area contributed by atoms with E-state index in [1.54, 1.807) is 29.6 Å². The number of hydrogen-bond donors (Lipinski definition) is 2. The number of halogens is 1. The number of benzene rings is 2. The van der Waals surface area contributed by atoms with Gasteiger partial charge in [-0.05, 0) is 60.2 Å². The minimum absolute atomic E-state index is 0.0320. The van der Waals surface area contributed by atoms with Gasteiger partial charge in [-0.3, -0.25) is 14.6 Å². The zero-order valence-electron chi connectivity index (χ0n) is 23.2. The van der Waals surface area contributed by atoms with Crippen LogP contribution in [0, 0.1) is 0 Å². The van der Waals surface area contributed by atoms with E-state index in [0.29, 0.717) is 42.0 Å². The third-order valence-corrected chi connectivity index (χ3v) is 7.97. The van der Waals surface area contributed by atoms with Crippen LogP contribution in [-0.4, -0.2) is 57.5 Å². The molecule has 0 radical (unpaired) electrons. The van der Waals surface area contributed by atoms with Crippen LogP contribution in [0.2, 0.25) is 5.02 Å². The number of rotatable bonds is 8. The molecule has 1 atom stereocenters. The summed E-state index contributed by atoms with van der Waals surface area (Å²) in [6.45, 7) is 3.68. The maximum Gasteiger partial charge on any atom is 0.254 e. The molecule has 1 unspecified atom stereocenters.